The van der Waals surface area contributed by atoms with Crippen molar-refractivity contribution in [1.82, 2.24) is 10.6 Å². The van der Waals surface area contributed by atoms with E-state index in [0.717, 1.165) is 25.2 Å². The fourth-order valence-corrected chi connectivity index (χ4v) is 2.21. The van der Waals surface area contributed by atoms with E-state index in [1.54, 1.807) is 12.1 Å². The summed E-state index contributed by atoms with van der Waals surface area (Å²) in [6.45, 7) is 3.05. The maximum absolute atomic E-state index is 11.3. The van der Waals surface area contributed by atoms with Crippen LogP contribution in [-0.2, 0) is 11.3 Å². The number of benzene rings is 1. The van der Waals surface area contributed by atoms with Crippen molar-refractivity contribution >= 4 is 18.4 Å². The SMILES string of the molecule is COC(=O)c1ccc(CNCC2CNCC2O)cc1.Cl. The molecule has 2 rings (SSSR count). The second kappa shape index (κ2) is 8.21. The van der Waals surface area contributed by atoms with Crippen molar-refractivity contribution in [1.29, 1.82) is 0 Å². The summed E-state index contributed by atoms with van der Waals surface area (Å²) < 4.78 is 4.65. The Kier molecular flexibility index (Phi) is 6.95. The summed E-state index contributed by atoms with van der Waals surface area (Å²) in [5, 5.41) is 16.1. The largest absolute Gasteiger partial charge is 0.465 e. The smallest absolute Gasteiger partial charge is 0.337 e. The topological polar surface area (TPSA) is 70.6 Å². The number of halogens is 1. The van der Waals surface area contributed by atoms with E-state index < -0.39 is 0 Å². The number of hydrogen-bond acceptors (Lipinski definition) is 5. The number of aliphatic hydroxyl groups is 1. The lowest BCUT2D eigenvalue weighted by Crippen LogP contribution is -2.30. The van der Waals surface area contributed by atoms with Gasteiger partial charge in [-0.3, -0.25) is 0 Å². The summed E-state index contributed by atoms with van der Waals surface area (Å²) in [7, 11) is 1.37. The van der Waals surface area contributed by atoms with Crippen molar-refractivity contribution < 1.29 is 14.6 Å². The lowest BCUT2D eigenvalue weighted by atomic mass is 10.1. The van der Waals surface area contributed by atoms with E-state index in [1.807, 2.05) is 12.1 Å². The molecule has 0 bridgehead atoms. The third kappa shape index (κ3) is 4.45. The van der Waals surface area contributed by atoms with Crippen molar-refractivity contribution in [3.63, 3.8) is 0 Å². The zero-order valence-electron chi connectivity index (χ0n) is 11.5. The van der Waals surface area contributed by atoms with Gasteiger partial charge in [-0.15, -0.1) is 12.4 Å². The number of nitrogens with one attached hydrogen (secondary N) is 2. The molecule has 1 saturated heterocycles. The Bertz CT molecular complexity index is 425. The van der Waals surface area contributed by atoms with Gasteiger partial charge in [0.05, 0.1) is 18.8 Å². The summed E-state index contributed by atoms with van der Waals surface area (Å²) in [6, 6.07) is 7.33. The van der Waals surface area contributed by atoms with E-state index >= 15 is 0 Å². The van der Waals surface area contributed by atoms with E-state index in [1.165, 1.54) is 7.11 Å². The lowest BCUT2D eigenvalue weighted by Gasteiger charge is -2.14. The molecule has 1 aromatic rings. The van der Waals surface area contributed by atoms with Crippen LogP contribution in [-0.4, -0.2) is 43.9 Å². The minimum Gasteiger partial charge on any atom is -0.465 e. The van der Waals surface area contributed by atoms with Gasteiger partial charge in [0.15, 0.2) is 0 Å². The molecule has 2 unspecified atom stereocenters. The summed E-state index contributed by atoms with van der Waals surface area (Å²) in [6.07, 6.45) is -0.255. The second-order valence-electron chi connectivity index (χ2n) is 4.81. The van der Waals surface area contributed by atoms with Crippen LogP contribution in [0.3, 0.4) is 0 Å². The second-order valence-corrected chi connectivity index (χ2v) is 4.81. The van der Waals surface area contributed by atoms with Crippen LogP contribution in [0.2, 0.25) is 0 Å². The van der Waals surface area contributed by atoms with Gasteiger partial charge in [0.2, 0.25) is 0 Å². The molecule has 1 heterocycles. The molecule has 0 amide bonds. The summed E-state index contributed by atoms with van der Waals surface area (Å²) >= 11 is 0. The van der Waals surface area contributed by atoms with Gasteiger partial charge in [0.1, 0.15) is 0 Å². The van der Waals surface area contributed by atoms with Gasteiger partial charge in [-0.1, -0.05) is 12.1 Å². The van der Waals surface area contributed by atoms with Crippen molar-refractivity contribution in [2.24, 2.45) is 5.92 Å². The average molecular weight is 301 g/mol. The van der Waals surface area contributed by atoms with Crippen LogP contribution >= 0.6 is 12.4 Å². The molecule has 0 aliphatic carbocycles. The van der Waals surface area contributed by atoms with Crippen LogP contribution in [0.4, 0.5) is 0 Å². The number of ether oxygens (including phenoxy) is 1. The molecule has 0 spiro atoms. The highest BCUT2D eigenvalue weighted by Crippen LogP contribution is 2.09. The first-order valence-electron chi connectivity index (χ1n) is 6.47. The van der Waals surface area contributed by atoms with Gasteiger partial charge >= 0.3 is 5.97 Å². The van der Waals surface area contributed by atoms with Crippen LogP contribution in [0.25, 0.3) is 0 Å². The minimum atomic E-state index is -0.320. The highest BCUT2D eigenvalue weighted by molar-refractivity contribution is 5.89. The van der Waals surface area contributed by atoms with Gasteiger partial charge in [0, 0.05) is 32.1 Å². The van der Waals surface area contributed by atoms with Gasteiger partial charge < -0.3 is 20.5 Å². The molecule has 2 atom stereocenters. The molecule has 0 aromatic heterocycles. The minimum absolute atomic E-state index is 0. The number of methoxy groups -OCH3 is 1. The number of β-amino-alcohol motifs (C(OH)–C–C–N with tert-alkyl or cyclic N) is 1. The highest BCUT2D eigenvalue weighted by Gasteiger charge is 2.23. The predicted octanol–water partition coefficient (Wildman–Crippen LogP) is 0.565. The standard InChI is InChI=1S/C14H20N2O3.ClH/c1-19-14(18)11-4-2-10(3-5-11)6-15-7-12-8-16-9-13(12)17;/h2-5,12-13,15-17H,6-9H2,1H3;1H. The Hall–Kier alpha value is -1.14. The molecule has 1 fully saturated rings. The van der Waals surface area contributed by atoms with E-state index in [4.69, 9.17) is 0 Å². The van der Waals surface area contributed by atoms with Gasteiger partial charge in [0.25, 0.3) is 0 Å². The quantitative estimate of drug-likeness (QED) is 0.694. The fraction of sp³-hybridized carbons (Fsp3) is 0.500. The molecule has 1 aromatic carbocycles. The zero-order valence-corrected chi connectivity index (χ0v) is 12.3. The predicted molar refractivity (Wildman–Crippen MR) is 79.1 cm³/mol. The highest BCUT2D eigenvalue weighted by atomic mass is 35.5. The van der Waals surface area contributed by atoms with Crippen LogP contribution in [0.5, 0.6) is 0 Å². The molecular formula is C14H21ClN2O3. The number of carbonyl (C=O) groups is 1. The van der Waals surface area contributed by atoms with E-state index in [2.05, 4.69) is 15.4 Å². The maximum atomic E-state index is 11.3. The van der Waals surface area contributed by atoms with E-state index in [9.17, 15) is 9.90 Å². The van der Waals surface area contributed by atoms with E-state index in [-0.39, 0.29) is 30.4 Å². The molecule has 20 heavy (non-hydrogen) atoms. The summed E-state index contributed by atoms with van der Waals surface area (Å²) in [5.41, 5.74) is 1.66. The Balaban J connectivity index is 0.00000200. The Labute approximate surface area is 125 Å². The maximum Gasteiger partial charge on any atom is 0.337 e. The van der Waals surface area contributed by atoms with Crippen molar-refractivity contribution in [2.75, 3.05) is 26.7 Å². The van der Waals surface area contributed by atoms with Gasteiger partial charge in [-0.2, -0.15) is 0 Å². The zero-order chi connectivity index (χ0) is 13.7. The molecule has 5 nitrogen and oxygen atoms in total. The van der Waals surface area contributed by atoms with Crippen LogP contribution in [0.15, 0.2) is 24.3 Å². The first-order valence-corrected chi connectivity index (χ1v) is 6.47. The fourth-order valence-electron chi connectivity index (χ4n) is 2.21. The molecule has 0 saturated carbocycles. The molecule has 6 heteroatoms. The van der Waals surface area contributed by atoms with Crippen LogP contribution in [0.1, 0.15) is 15.9 Å². The van der Waals surface area contributed by atoms with Crippen LogP contribution < -0.4 is 10.6 Å². The summed E-state index contributed by atoms with van der Waals surface area (Å²) in [4.78, 5) is 11.3. The molecule has 1 aliphatic rings. The Morgan fingerprint density at radius 1 is 1.40 bits per heavy atom. The number of esters is 1. The third-order valence-electron chi connectivity index (χ3n) is 3.41. The number of rotatable bonds is 5. The normalized spacial score (nSPS) is 21.3. The molecule has 3 N–H and O–H groups in total. The number of carbonyl (C=O) groups excluding carboxylic acids is 1. The Morgan fingerprint density at radius 3 is 2.65 bits per heavy atom. The van der Waals surface area contributed by atoms with Gasteiger partial charge in [-0.05, 0) is 17.7 Å². The van der Waals surface area contributed by atoms with Crippen LogP contribution in [0, 0.1) is 5.92 Å². The lowest BCUT2D eigenvalue weighted by molar-refractivity contribution is 0.0600. The number of hydrogen-bond donors (Lipinski definition) is 3. The summed E-state index contributed by atoms with van der Waals surface area (Å²) in [5.74, 6) is -0.0472. The Morgan fingerprint density at radius 2 is 2.10 bits per heavy atom. The molecule has 0 radical (unpaired) electrons. The van der Waals surface area contributed by atoms with Crippen molar-refractivity contribution in [3.8, 4) is 0 Å². The first-order chi connectivity index (χ1) is 9.20. The van der Waals surface area contributed by atoms with Crippen molar-refractivity contribution in [2.45, 2.75) is 12.6 Å². The average Bonchev–Trinajstić information content (AvgIpc) is 2.84. The first kappa shape index (κ1) is 16.9. The van der Waals surface area contributed by atoms with E-state index in [0.29, 0.717) is 12.1 Å². The molecule has 112 valence electrons. The van der Waals surface area contributed by atoms with Gasteiger partial charge in [-0.25, -0.2) is 4.79 Å². The molecular weight excluding hydrogens is 280 g/mol. The number of aliphatic hydroxyl groups excluding tert-OH is 1. The molecule has 1 aliphatic heterocycles. The monoisotopic (exact) mass is 300 g/mol. The van der Waals surface area contributed by atoms with Crippen molar-refractivity contribution in [3.05, 3.63) is 35.4 Å². The third-order valence-corrected chi connectivity index (χ3v) is 3.41.